The lowest BCUT2D eigenvalue weighted by atomic mass is 10.2. The molecule has 0 aliphatic carbocycles. The first kappa shape index (κ1) is 17.6. The molecule has 1 unspecified atom stereocenters. The zero-order chi connectivity index (χ0) is 16.9. The Morgan fingerprint density at radius 1 is 0.909 bits per heavy atom. The van der Waals surface area contributed by atoms with Gasteiger partial charge in [-0.15, -0.1) is 0 Å². The first-order valence-electron chi connectivity index (χ1n) is 8.04. The molecule has 3 nitrogen and oxygen atoms in total. The SMILES string of the molecule is CN(C)C1N(C)c2ccccc2N1P(C(C)(C)C)C(C)(C)C. The number of hydrogen-bond acceptors (Lipinski definition) is 3. The van der Waals surface area contributed by atoms with Crippen LogP contribution in [0.25, 0.3) is 0 Å². The maximum atomic E-state index is 2.69. The summed E-state index contributed by atoms with van der Waals surface area (Å²) in [4.78, 5) is 4.73. The first-order valence-corrected chi connectivity index (χ1v) is 9.33. The predicted molar refractivity (Wildman–Crippen MR) is 101 cm³/mol. The predicted octanol–water partition coefficient (Wildman–Crippen LogP) is 4.78. The Hall–Kier alpha value is -0.790. The van der Waals surface area contributed by atoms with E-state index >= 15 is 0 Å². The Balaban J connectivity index is 2.63. The summed E-state index contributed by atoms with van der Waals surface area (Å²) in [6.07, 6.45) is 0.280. The minimum absolute atomic E-state index is 0.250. The number of fused-ring (bicyclic) bond motifs is 1. The maximum Gasteiger partial charge on any atom is 0.163 e. The summed E-state index contributed by atoms with van der Waals surface area (Å²) in [5.41, 5.74) is 2.71. The summed E-state index contributed by atoms with van der Waals surface area (Å²) in [5.74, 6) is 0. The van der Waals surface area contributed by atoms with Gasteiger partial charge < -0.3 is 9.57 Å². The number of para-hydroxylation sites is 2. The largest absolute Gasteiger partial charge is 0.340 e. The summed E-state index contributed by atoms with van der Waals surface area (Å²) in [5, 5.41) is 0.500. The van der Waals surface area contributed by atoms with Gasteiger partial charge in [0.1, 0.15) is 0 Å². The normalized spacial score (nSPS) is 19.3. The van der Waals surface area contributed by atoms with Gasteiger partial charge in [-0.05, 0) is 26.2 Å². The summed E-state index contributed by atoms with van der Waals surface area (Å²) >= 11 is 0. The highest BCUT2D eigenvalue weighted by Crippen LogP contribution is 2.66. The Morgan fingerprint density at radius 2 is 1.36 bits per heavy atom. The van der Waals surface area contributed by atoms with Gasteiger partial charge in [-0.3, -0.25) is 4.90 Å². The lowest BCUT2D eigenvalue weighted by Crippen LogP contribution is -2.52. The molecule has 0 saturated carbocycles. The van der Waals surface area contributed by atoms with Crippen molar-refractivity contribution in [2.24, 2.45) is 0 Å². The second kappa shape index (κ2) is 5.69. The van der Waals surface area contributed by atoms with E-state index < -0.39 is 0 Å². The Morgan fingerprint density at radius 3 is 1.77 bits per heavy atom. The van der Waals surface area contributed by atoms with Gasteiger partial charge in [0.05, 0.1) is 11.4 Å². The minimum atomic E-state index is -0.379. The summed E-state index contributed by atoms with van der Waals surface area (Å²) in [6, 6.07) is 8.82. The van der Waals surface area contributed by atoms with Crippen LogP contribution in [0.1, 0.15) is 41.5 Å². The van der Waals surface area contributed by atoms with E-state index in [0.717, 1.165) is 0 Å². The van der Waals surface area contributed by atoms with Crippen molar-refractivity contribution in [3.8, 4) is 0 Å². The topological polar surface area (TPSA) is 9.72 Å². The fourth-order valence-electron chi connectivity index (χ4n) is 3.80. The van der Waals surface area contributed by atoms with E-state index in [1.807, 2.05) is 0 Å². The van der Waals surface area contributed by atoms with Crippen LogP contribution in [0.5, 0.6) is 0 Å². The third-order valence-corrected chi connectivity index (χ3v) is 7.42. The lowest BCUT2D eigenvalue weighted by Gasteiger charge is -2.51. The molecule has 0 radical (unpaired) electrons. The van der Waals surface area contributed by atoms with Crippen LogP contribution in [0.4, 0.5) is 11.4 Å². The van der Waals surface area contributed by atoms with Crippen molar-refractivity contribution >= 4 is 19.4 Å². The van der Waals surface area contributed by atoms with Crippen molar-refractivity contribution in [1.29, 1.82) is 0 Å². The molecule has 0 amide bonds. The van der Waals surface area contributed by atoms with Crippen LogP contribution in [0.15, 0.2) is 24.3 Å². The third-order valence-electron chi connectivity index (χ3n) is 4.02. The average Bonchev–Trinajstić information content (AvgIpc) is 2.60. The van der Waals surface area contributed by atoms with Crippen molar-refractivity contribution in [1.82, 2.24) is 4.90 Å². The Kier molecular flexibility index (Phi) is 4.54. The monoisotopic (exact) mass is 321 g/mol. The third kappa shape index (κ3) is 2.98. The summed E-state index contributed by atoms with van der Waals surface area (Å²) in [6.45, 7) is 14.3. The molecule has 2 rings (SSSR count). The molecule has 0 N–H and O–H groups in total. The fourth-order valence-corrected chi connectivity index (χ4v) is 8.06. The van der Waals surface area contributed by atoms with E-state index in [2.05, 4.69) is 101 Å². The fraction of sp³-hybridized carbons (Fsp3) is 0.667. The van der Waals surface area contributed by atoms with E-state index in [1.54, 1.807) is 0 Å². The zero-order valence-electron chi connectivity index (χ0n) is 15.7. The quantitative estimate of drug-likeness (QED) is 0.726. The van der Waals surface area contributed by atoms with E-state index in [0.29, 0.717) is 0 Å². The number of nitrogens with zero attached hydrogens (tertiary/aromatic N) is 3. The molecule has 1 heterocycles. The van der Waals surface area contributed by atoms with E-state index in [1.165, 1.54) is 11.4 Å². The second-order valence-corrected chi connectivity index (χ2v) is 12.1. The van der Waals surface area contributed by atoms with Gasteiger partial charge in [0.2, 0.25) is 0 Å². The first-order chi connectivity index (χ1) is 9.96. The van der Waals surface area contributed by atoms with Gasteiger partial charge in [0.15, 0.2) is 6.29 Å². The molecule has 1 aliphatic heterocycles. The molecular formula is C18H32N3P. The molecular weight excluding hydrogens is 289 g/mol. The average molecular weight is 321 g/mol. The molecule has 1 aromatic rings. The van der Waals surface area contributed by atoms with Crippen LogP contribution in [-0.4, -0.2) is 42.6 Å². The van der Waals surface area contributed by atoms with Crippen LogP contribution < -0.4 is 9.57 Å². The van der Waals surface area contributed by atoms with Gasteiger partial charge in [-0.1, -0.05) is 53.7 Å². The number of anilines is 2. The molecule has 0 bridgehead atoms. The highest BCUT2D eigenvalue weighted by atomic mass is 31.1. The van der Waals surface area contributed by atoms with Gasteiger partial charge in [-0.2, -0.15) is 0 Å². The number of rotatable bonds is 2. The van der Waals surface area contributed by atoms with Gasteiger partial charge in [0.25, 0.3) is 0 Å². The van der Waals surface area contributed by atoms with E-state index in [9.17, 15) is 0 Å². The van der Waals surface area contributed by atoms with Crippen molar-refractivity contribution < 1.29 is 0 Å². The van der Waals surface area contributed by atoms with Crippen LogP contribution >= 0.6 is 8.07 Å². The highest BCUT2D eigenvalue weighted by Gasteiger charge is 2.47. The molecule has 1 atom stereocenters. The van der Waals surface area contributed by atoms with Crippen molar-refractivity contribution in [3.63, 3.8) is 0 Å². The van der Waals surface area contributed by atoms with Crippen molar-refractivity contribution in [2.45, 2.75) is 58.1 Å². The molecule has 0 fully saturated rings. The molecule has 0 saturated heterocycles. The van der Waals surface area contributed by atoms with Gasteiger partial charge in [-0.25, -0.2) is 0 Å². The van der Waals surface area contributed by atoms with Crippen molar-refractivity contribution in [2.75, 3.05) is 30.7 Å². The number of hydrogen-bond donors (Lipinski definition) is 0. The number of benzene rings is 1. The van der Waals surface area contributed by atoms with Crippen LogP contribution in [0, 0.1) is 0 Å². The second-order valence-electron chi connectivity index (χ2n) is 8.41. The minimum Gasteiger partial charge on any atom is -0.340 e. The molecule has 1 aromatic carbocycles. The summed E-state index contributed by atoms with van der Waals surface area (Å²) < 4.78 is 2.69. The van der Waals surface area contributed by atoms with Crippen molar-refractivity contribution in [3.05, 3.63) is 24.3 Å². The smallest absolute Gasteiger partial charge is 0.163 e. The van der Waals surface area contributed by atoms with Crippen LogP contribution in [0.2, 0.25) is 0 Å². The Bertz CT molecular complexity index is 514. The van der Waals surface area contributed by atoms with Gasteiger partial charge >= 0.3 is 0 Å². The van der Waals surface area contributed by atoms with E-state index in [4.69, 9.17) is 0 Å². The van der Waals surface area contributed by atoms with E-state index in [-0.39, 0.29) is 24.7 Å². The molecule has 0 spiro atoms. The molecule has 22 heavy (non-hydrogen) atoms. The lowest BCUT2D eigenvalue weighted by molar-refractivity contribution is 0.310. The van der Waals surface area contributed by atoms with Gasteiger partial charge in [0, 0.05) is 25.4 Å². The molecule has 0 aromatic heterocycles. The highest BCUT2D eigenvalue weighted by molar-refractivity contribution is 7.62. The zero-order valence-corrected chi connectivity index (χ0v) is 16.6. The summed E-state index contributed by atoms with van der Waals surface area (Å²) in [7, 11) is 6.19. The Labute approximate surface area is 138 Å². The molecule has 124 valence electrons. The van der Waals surface area contributed by atoms with Crippen LogP contribution in [0.3, 0.4) is 0 Å². The molecule has 4 heteroatoms. The van der Waals surface area contributed by atoms with Crippen LogP contribution in [-0.2, 0) is 0 Å². The standard InChI is InChI=1S/C18H32N3P/c1-17(2,3)22(18(4,5)6)21-15-13-11-10-12-14(15)20(9)16(21)19(7)8/h10-13,16H,1-9H3. The maximum absolute atomic E-state index is 2.69. The molecule has 1 aliphatic rings.